The Morgan fingerprint density at radius 3 is 2.32 bits per heavy atom. The summed E-state index contributed by atoms with van der Waals surface area (Å²) in [4.78, 5) is 8.57. The number of ether oxygens (including phenoxy) is 1. The Bertz CT molecular complexity index is 892. The summed E-state index contributed by atoms with van der Waals surface area (Å²) in [6.45, 7) is 3.95. The van der Waals surface area contributed by atoms with Crippen LogP contribution in [0.15, 0.2) is 77.9 Å². The molecule has 0 saturated carbocycles. The van der Waals surface area contributed by atoms with Gasteiger partial charge in [-0.05, 0) is 29.7 Å². The number of hydrogen-bond donors (Lipinski definition) is 2. The molecule has 144 valence electrons. The van der Waals surface area contributed by atoms with Crippen LogP contribution in [-0.4, -0.2) is 18.0 Å². The van der Waals surface area contributed by atoms with Crippen LogP contribution in [0.5, 0.6) is 5.88 Å². The molecule has 0 fully saturated rings. The largest absolute Gasteiger partial charge is 0.473 e. The van der Waals surface area contributed by atoms with Crippen molar-refractivity contribution in [3.63, 3.8) is 0 Å². The van der Waals surface area contributed by atoms with Gasteiger partial charge in [-0.25, -0.2) is 4.98 Å². The highest BCUT2D eigenvalue weighted by Crippen LogP contribution is 2.12. The zero-order chi connectivity index (χ0) is 19.6. The van der Waals surface area contributed by atoms with Crippen LogP contribution in [0.2, 0.25) is 0 Å². The molecular weight excluding hydrogens is 348 g/mol. The van der Waals surface area contributed by atoms with Gasteiger partial charge in [0.1, 0.15) is 6.61 Å². The smallest absolute Gasteiger partial charge is 0.213 e. The molecule has 0 atom stereocenters. The summed E-state index contributed by atoms with van der Waals surface area (Å²) in [5, 5.41) is 6.65. The van der Waals surface area contributed by atoms with Crippen LogP contribution in [0.1, 0.15) is 22.3 Å². The Balaban J connectivity index is 1.49. The molecule has 0 spiro atoms. The maximum atomic E-state index is 5.80. The van der Waals surface area contributed by atoms with Crippen molar-refractivity contribution >= 4 is 5.96 Å². The highest BCUT2D eigenvalue weighted by atomic mass is 16.5. The second-order valence-corrected chi connectivity index (χ2v) is 6.54. The van der Waals surface area contributed by atoms with Gasteiger partial charge in [-0.2, -0.15) is 0 Å². The number of nitrogens with zero attached hydrogens (tertiary/aromatic N) is 2. The minimum atomic E-state index is 0.504. The van der Waals surface area contributed by atoms with Crippen molar-refractivity contribution in [2.75, 3.05) is 7.05 Å². The third-order valence-electron chi connectivity index (χ3n) is 4.29. The number of aryl methyl sites for hydroxylation is 1. The van der Waals surface area contributed by atoms with Crippen LogP contribution in [0.25, 0.3) is 0 Å². The number of nitrogens with one attached hydrogen (secondary N) is 2. The fraction of sp³-hybridized carbons (Fsp3) is 0.217. The lowest BCUT2D eigenvalue weighted by atomic mass is 10.1. The second kappa shape index (κ2) is 10.1. The molecule has 0 amide bonds. The maximum absolute atomic E-state index is 5.80. The lowest BCUT2D eigenvalue weighted by molar-refractivity contribution is 0.293. The van der Waals surface area contributed by atoms with E-state index in [2.05, 4.69) is 51.8 Å². The van der Waals surface area contributed by atoms with E-state index in [1.54, 1.807) is 13.2 Å². The van der Waals surface area contributed by atoms with Crippen molar-refractivity contribution in [2.45, 2.75) is 26.6 Å². The molecule has 5 nitrogen and oxygen atoms in total. The lowest BCUT2D eigenvalue weighted by Crippen LogP contribution is -2.36. The molecule has 0 saturated heterocycles. The SMILES string of the molecule is CN=C(NCc1ccc(C)cc1)NCc1ccnc(OCc2ccccc2)c1. The number of guanidine groups is 1. The van der Waals surface area contributed by atoms with Crippen LogP contribution < -0.4 is 15.4 Å². The van der Waals surface area contributed by atoms with Gasteiger partial charge in [0.05, 0.1) is 0 Å². The average Bonchev–Trinajstić information content (AvgIpc) is 2.75. The van der Waals surface area contributed by atoms with Gasteiger partial charge in [0.15, 0.2) is 5.96 Å². The predicted octanol–water partition coefficient (Wildman–Crippen LogP) is 3.83. The van der Waals surface area contributed by atoms with E-state index < -0.39 is 0 Å². The molecule has 0 aliphatic rings. The summed E-state index contributed by atoms with van der Waals surface area (Å²) in [6.07, 6.45) is 1.76. The zero-order valence-electron chi connectivity index (χ0n) is 16.4. The van der Waals surface area contributed by atoms with Gasteiger partial charge in [-0.15, -0.1) is 0 Å². The standard InChI is InChI=1S/C23H26N4O/c1-18-8-10-19(11-9-18)15-26-23(24-2)27-16-21-12-13-25-22(14-21)28-17-20-6-4-3-5-7-20/h3-14H,15-17H2,1-2H3,(H2,24,26,27). The Morgan fingerprint density at radius 1 is 0.893 bits per heavy atom. The van der Waals surface area contributed by atoms with Crippen LogP contribution in [0.4, 0.5) is 0 Å². The van der Waals surface area contributed by atoms with Gasteiger partial charge in [0.2, 0.25) is 5.88 Å². The van der Waals surface area contributed by atoms with Gasteiger partial charge >= 0.3 is 0 Å². The summed E-state index contributed by atoms with van der Waals surface area (Å²) in [7, 11) is 1.77. The fourth-order valence-electron chi connectivity index (χ4n) is 2.67. The molecule has 3 aromatic rings. The third kappa shape index (κ3) is 6.13. The maximum Gasteiger partial charge on any atom is 0.213 e. The molecule has 0 aliphatic carbocycles. The van der Waals surface area contributed by atoms with Gasteiger partial charge < -0.3 is 15.4 Å². The van der Waals surface area contributed by atoms with Crippen molar-refractivity contribution in [1.82, 2.24) is 15.6 Å². The first-order chi connectivity index (χ1) is 13.7. The van der Waals surface area contributed by atoms with E-state index in [1.165, 1.54) is 11.1 Å². The second-order valence-electron chi connectivity index (χ2n) is 6.54. The minimum Gasteiger partial charge on any atom is -0.473 e. The third-order valence-corrected chi connectivity index (χ3v) is 4.29. The van der Waals surface area contributed by atoms with Crippen LogP contribution in [0.3, 0.4) is 0 Å². The molecule has 0 aliphatic heterocycles. The Hall–Kier alpha value is -3.34. The normalized spacial score (nSPS) is 11.1. The van der Waals surface area contributed by atoms with E-state index in [4.69, 9.17) is 4.74 Å². The summed E-state index contributed by atoms with van der Waals surface area (Å²) < 4.78 is 5.80. The highest BCUT2D eigenvalue weighted by Gasteiger charge is 2.02. The molecule has 1 heterocycles. The molecular formula is C23H26N4O. The number of hydrogen-bond acceptors (Lipinski definition) is 3. The van der Waals surface area contributed by atoms with Gasteiger partial charge in [0.25, 0.3) is 0 Å². The van der Waals surface area contributed by atoms with E-state index in [-0.39, 0.29) is 0 Å². The van der Waals surface area contributed by atoms with Crippen LogP contribution in [0, 0.1) is 6.92 Å². The van der Waals surface area contributed by atoms with E-state index in [1.807, 2.05) is 42.5 Å². The van der Waals surface area contributed by atoms with Gasteiger partial charge in [0, 0.05) is 32.4 Å². The predicted molar refractivity (Wildman–Crippen MR) is 113 cm³/mol. The Kier molecular flexibility index (Phi) is 7.01. The van der Waals surface area contributed by atoms with Crippen LogP contribution >= 0.6 is 0 Å². The van der Waals surface area contributed by atoms with Crippen molar-refractivity contribution in [2.24, 2.45) is 4.99 Å². The topological polar surface area (TPSA) is 58.5 Å². The molecule has 3 rings (SSSR count). The first-order valence-electron chi connectivity index (χ1n) is 9.34. The van der Waals surface area contributed by atoms with Crippen LogP contribution in [-0.2, 0) is 19.7 Å². The molecule has 0 unspecified atom stereocenters. The average molecular weight is 374 g/mol. The van der Waals surface area contributed by atoms with E-state index >= 15 is 0 Å². The highest BCUT2D eigenvalue weighted by molar-refractivity contribution is 5.79. The van der Waals surface area contributed by atoms with Crippen molar-refractivity contribution < 1.29 is 4.74 Å². The van der Waals surface area contributed by atoms with Gasteiger partial charge in [-0.1, -0.05) is 60.2 Å². The monoisotopic (exact) mass is 374 g/mol. The Morgan fingerprint density at radius 2 is 1.61 bits per heavy atom. The Labute approximate surface area is 166 Å². The number of aliphatic imine (C=N–C) groups is 1. The summed E-state index contributed by atoms with van der Waals surface area (Å²) in [5.41, 5.74) is 4.67. The molecule has 1 aromatic heterocycles. The number of aromatic nitrogens is 1. The number of rotatable bonds is 7. The van der Waals surface area contributed by atoms with Crippen molar-refractivity contribution in [1.29, 1.82) is 0 Å². The zero-order valence-corrected chi connectivity index (χ0v) is 16.4. The molecule has 2 N–H and O–H groups in total. The fourth-order valence-corrected chi connectivity index (χ4v) is 2.67. The van der Waals surface area contributed by atoms with E-state index in [0.29, 0.717) is 19.0 Å². The number of pyridine rings is 1. The first kappa shape index (κ1) is 19.4. The minimum absolute atomic E-state index is 0.504. The molecule has 5 heteroatoms. The molecule has 0 bridgehead atoms. The molecule has 2 aromatic carbocycles. The van der Waals surface area contributed by atoms with Crippen molar-refractivity contribution in [3.8, 4) is 5.88 Å². The molecule has 28 heavy (non-hydrogen) atoms. The quantitative estimate of drug-likeness (QED) is 0.487. The van der Waals surface area contributed by atoms with E-state index in [9.17, 15) is 0 Å². The summed E-state index contributed by atoms with van der Waals surface area (Å²) >= 11 is 0. The van der Waals surface area contributed by atoms with Gasteiger partial charge in [-0.3, -0.25) is 4.99 Å². The molecule has 0 radical (unpaired) electrons. The summed E-state index contributed by atoms with van der Waals surface area (Å²) in [5.74, 6) is 1.37. The lowest BCUT2D eigenvalue weighted by Gasteiger charge is -2.13. The van der Waals surface area contributed by atoms with E-state index in [0.717, 1.165) is 23.6 Å². The number of benzene rings is 2. The van der Waals surface area contributed by atoms with Crippen molar-refractivity contribution in [3.05, 3.63) is 95.2 Å². The summed E-state index contributed by atoms with van der Waals surface area (Å²) in [6, 6.07) is 22.5. The first-order valence-corrected chi connectivity index (χ1v) is 9.34.